The van der Waals surface area contributed by atoms with Gasteiger partial charge < -0.3 is 4.90 Å². The maximum Gasteiger partial charge on any atom is 0.269 e. The number of nitro benzene ring substituents is 1. The Hall–Kier alpha value is -1.91. The van der Waals surface area contributed by atoms with E-state index in [0.717, 1.165) is 12.1 Å². The first-order valence-corrected chi connectivity index (χ1v) is 7.72. The van der Waals surface area contributed by atoms with E-state index in [2.05, 4.69) is 0 Å². The van der Waals surface area contributed by atoms with E-state index < -0.39 is 4.92 Å². The third-order valence-electron chi connectivity index (χ3n) is 3.35. The minimum atomic E-state index is -0.422. The average Bonchev–Trinajstić information content (AvgIpc) is 3.28. The molecule has 0 spiro atoms. The lowest BCUT2D eigenvalue weighted by Crippen LogP contribution is -2.26. The highest BCUT2D eigenvalue weighted by Crippen LogP contribution is 2.33. The fourth-order valence-electron chi connectivity index (χ4n) is 2.24. The van der Waals surface area contributed by atoms with Crippen molar-refractivity contribution in [2.24, 2.45) is 5.92 Å². The second-order valence-electron chi connectivity index (χ2n) is 4.73. The van der Waals surface area contributed by atoms with Crippen LogP contribution in [0.2, 0.25) is 0 Å². The van der Waals surface area contributed by atoms with Gasteiger partial charge in [-0.3, -0.25) is 14.9 Å². The van der Waals surface area contributed by atoms with Gasteiger partial charge >= 0.3 is 0 Å². The first kappa shape index (κ1) is 17.1. The van der Waals surface area contributed by atoms with E-state index >= 15 is 0 Å². The van der Waals surface area contributed by atoms with Crippen molar-refractivity contribution in [1.82, 2.24) is 4.90 Å². The molecule has 21 heavy (non-hydrogen) atoms. The van der Waals surface area contributed by atoms with Gasteiger partial charge in [-0.25, -0.2) is 0 Å². The highest BCUT2D eigenvalue weighted by atomic mass is 16.6. The van der Waals surface area contributed by atoms with E-state index in [1.807, 2.05) is 27.7 Å². The van der Waals surface area contributed by atoms with E-state index in [9.17, 15) is 14.9 Å². The van der Waals surface area contributed by atoms with Gasteiger partial charge in [-0.05, 0) is 30.4 Å². The molecule has 0 aromatic heterocycles. The maximum atomic E-state index is 12.0. The molecule has 2 aliphatic rings. The van der Waals surface area contributed by atoms with Crippen molar-refractivity contribution >= 4 is 11.6 Å². The summed E-state index contributed by atoms with van der Waals surface area (Å²) in [5.74, 6) is 0.657. The zero-order valence-corrected chi connectivity index (χ0v) is 13.3. The van der Waals surface area contributed by atoms with Crippen molar-refractivity contribution < 1.29 is 9.72 Å². The van der Waals surface area contributed by atoms with E-state index in [1.54, 1.807) is 11.0 Å². The predicted molar refractivity (Wildman–Crippen MR) is 83.3 cm³/mol. The highest BCUT2D eigenvalue weighted by Gasteiger charge is 2.33. The molecular formula is C16H24N2O3. The predicted octanol–water partition coefficient (Wildman–Crippen LogP) is 4.01. The summed E-state index contributed by atoms with van der Waals surface area (Å²) >= 11 is 0. The van der Waals surface area contributed by atoms with Crippen LogP contribution in [-0.2, 0) is 6.54 Å². The van der Waals surface area contributed by atoms with Crippen LogP contribution in [0.25, 0.3) is 0 Å². The number of hydrogen-bond acceptors (Lipinski definition) is 3. The molecule has 5 nitrogen and oxygen atoms in total. The van der Waals surface area contributed by atoms with Crippen molar-refractivity contribution in [1.29, 1.82) is 0 Å². The number of non-ortho nitro benzene ring substituents is 1. The Labute approximate surface area is 126 Å². The molecule has 1 aliphatic heterocycles. The molecule has 5 heteroatoms. The van der Waals surface area contributed by atoms with Crippen LogP contribution in [0.3, 0.4) is 0 Å². The number of amides is 1. The van der Waals surface area contributed by atoms with Crippen LogP contribution in [0, 0.1) is 16.0 Å². The molecule has 3 rings (SSSR count). The normalized spacial score (nSPS) is 15.4. The third-order valence-corrected chi connectivity index (χ3v) is 3.35. The summed E-state index contributed by atoms with van der Waals surface area (Å²) in [6, 6.07) is 4.49. The van der Waals surface area contributed by atoms with Gasteiger partial charge in [0.15, 0.2) is 0 Å². The first-order chi connectivity index (χ1) is 10.1. The Kier molecular flexibility index (Phi) is 6.34. The van der Waals surface area contributed by atoms with Gasteiger partial charge in [-0.1, -0.05) is 27.7 Å². The lowest BCUT2D eigenvalue weighted by molar-refractivity contribution is -0.384. The number of nitrogens with zero attached hydrogens (tertiary/aromatic N) is 2. The molecule has 1 heterocycles. The van der Waals surface area contributed by atoms with Gasteiger partial charge in [-0.15, -0.1) is 0 Å². The Balaban J connectivity index is 0.000000510. The molecule has 0 unspecified atom stereocenters. The number of fused-ring (bicyclic) bond motifs is 1. The van der Waals surface area contributed by atoms with Crippen LogP contribution >= 0.6 is 0 Å². The largest absolute Gasteiger partial charge is 0.334 e. The molecule has 1 amide bonds. The van der Waals surface area contributed by atoms with Gasteiger partial charge in [0.05, 0.1) is 4.92 Å². The minimum Gasteiger partial charge on any atom is -0.334 e. The molecule has 1 saturated carbocycles. The number of benzene rings is 1. The van der Waals surface area contributed by atoms with Crippen LogP contribution in [0.15, 0.2) is 18.2 Å². The van der Waals surface area contributed by atoms with Gasteiger partial charge in [0, 0.05) is 30.8 Å². The van der Waals surface area contributed by atoms with Crippen molar-refractivity contribution in [2.45, 2.75) is 47.1 Å². The number of nitro groups is 1. The summed E-state index contributed by atoms with van der Waals surface area (Å²) in [4.78, 5) is 24.0. The Morgan fingerprint density at radius 3 is 2.38 bits per heavy atom. The highest BCUT2D eigenvalue weighted by molar-refractivity contribution is 5.98. The molecule has 1 fully saturated rings. The third kappa shape index (κ3) is 4.03. The molecular weight excluding hydrogens is 268 g/mol. The molecule has 0 saturated heterocycles. The van der Waals surface area contributed by atoms with E-state index in [4.69, 9.17) is 0 Å². The van der Waals surface area contributed by atoms with Crippen molar-refractivity contribution in [3.8, 4) is 0 Å². The molecule has 0 atom stereocenters. The standard InChI is InChI=1S/C12H12N2O3.2C2H6/c15-12-11-4-3-10(14(16)17)5-9(11)7-13(12)6-8-1-2-8;2*1-2/h3-5,8H,1-2,6-7H2;2*1-2H3. The van der Waals surface area contributed by atoms with Gasteiger partial charge in [0.1, 0.15) is 0 Å². The summed E-state index contributed by atoms with van der Waals surface area (Å²) in [7, 11) is 0. The topological polar surface area (TPSA) is 63.4 Å². The van der Waals surface area contributed by atoms with E-state index in [1.165, 1.54) is 25.0 Å². The molecule has 0 N–H and O–H groups in total. The maximum absolute atomic E-state index is 12.0. The molecule has 1 aliphatic carbocycles. The number of carbonyl (C=O) groups excluding carboxylic acids is 1. The fourth-order valence-corrected chi connectivity index (χ4v) is 2.24. The van der Waals surface area contributed by atoms with Gasteiger partial charge in [-0.2, -0.15) is 0 Å². The second kappa shape index (κ2) is 7.76. The average molecular weight is 292 g/mol. The zero-order valence-electron chi connectivity index (χ0n) is 13.3. The molecule has 0 bridgehead atoms. The number of hydrogen-bond donors (Lipinski definition) is 0. The summed E-state index contributed by atoms with van der Waals surface area (Å²) in [5.41, 5.74) is 1.46. The number of rotatable bonds is 3. The second-order valence-corrected chi connectivity index (χ2v) is 4.73. The summed E-state index contributed by atoms with van der Waals surface area (Å²) in [5, 5.41) is 10.7. The Morgan fingerprint density at radius 2 is 1.86 bits per heavy atom. The van der Waals surface area contributed by atoms with E-state index in [0.29, 0.717) is 18.0 Å². The van der Waals surface area contributed by atoms with Crippen LogP contribution in [0.5, 0.6) is 0 Å². The van der Waals surface area contributed by atoms with Crippen molar-refractivity contribution in [3.05, 3.63) is 39.4 Å². The minimum absolute atomic E-state index is 0.0156. The zero-order chi connectivity index (χ0) is 16.0. The Morgan fingerprint density at radius 1 is 1.24 bits per heavy atom. The number of carbonyl (C=O) groups is 1. The van der Waals surface area contributed by atoms with Gasteiger partial charge in [0.25, 0.3) is 11.6 Å². The summed E-state index contributed by atoms with van der Waals surface area (Å²) in [6.07, 6.45) is 2.39. The van der Waals surface area contributed by atoms with Crippen LogP contribution in [0.4, 0.5) is 5.69 Å². The van der Waals surface area contributed by atoms with Crippen molar-refractivity contribution in [2.75, 3.05) is 6.54 Å². The monoisotopic (exact) mass is 292 g/mol. The van der Waals surface area contributed by atoms with E-state index in [-0.39, 0.29) is 11.6 Å². The molecule has 1 aromatic rings. The molecule has 1 aromatic carbocycles. The van der Waals surface area contributed by atoms with Crippen LogP contribution in [0.1, 0.15) is 56.5 Å². The summed E-state index contributed by atoms with van der Waals surface area (Å²) < 4.78 is 0. The fraction of sp³-hybridized carbons (Fsp3) is 0.562. The quantitative estimate of drug-likeness (QED) is 0.624. The Bertz CT molecular complexity index is 510. The van der Waals surface area contributed by atoms with Crippen molar-refractivity contribution in [3.63, 3.8) is 0 Å². The van der Waals surface area contributed by atoms with Crippen LogP contribution < -0.4 is 0 Å². The molecule has 0 radical (unpaired) electrons. The summed E-state index contributed by atoms with van der Waals surface area (Å²) in [6.45, 7) is 9.31. The SMILES string of the molecule is CC.CC.O=C1c2ccc([N+](=O)[O-])cc2CN1CC1CC1. The smallest absolute Gasteiger partial charge is 0.269 e. The lowest BCUT2D eigenvalue weighted by atomic mass is 10.1. The van der Waals surface area contributed by atoms with Gasteiger partial charge in [0.2, 0.25) is 0 Å². The lowest BCUT2D eigenvalue weighted by Gasteiger charge is -2.14. The van der Waals surface area contributed by atoms with Crippen LogP contribution in [-0.4, -0.2) is 22.3 Å². The first-order valence-electron chi connectivity index (χ1n) is 7.72. The molecule has 116 valence electrons.